The lowest BCUT2D eigenvalue weighted by atomic mass is 10.1. The fourth-order valence-electron chi connectivity index (χ4n) is 2.85. The molecule has 0 saturated heterocycles. The summed E-state index contributed by atoms with van der Waals surface area (Å²) in [5.74, 6) is -0.748. The van der Waals surface area contributed by atoms with Crippen LogP contribution in [0.25, 0.3) is 21.9 Å². The van der Waals surface area contributed by atoms with Crippen molar-refractivity contribution in [3.05, 3.63) is 65.5 Å². The molecule has 2 aromatic carbocycles. The van der Waals surface area contributed by atoms with Gasteiger partial charge in [-0.15, -0.1) is 0 Å². The van der Waals surface area contributed by atoms with Gasteiger partial charge in [0.1, 0.15) is 5.82 Å². The van der Waals surface area contributed by atoms with Gasteiger partial charge < -0.3 is 5.32 Å². The number of aromatic nitrogens is 3. The average molecular weight is 334 g/mol. The number of benzene rings is 2. The molecular formula is C19H15FN4O. The zero-order valence-corrected chi connectivity index (χ0v) is 13.7. The lowest BCUT2D eigenvalue weighted by Crippen LogP contribution is -2.14. The highest BCUT2D eigenvalue weighted by atomic mass is 19.1. The molecule has 6 heteroatoms. The zero-order valence-electron chi connectivity index (χ0n) is 13.7. The number of pyridine rings is 1. The molecule has 0 saturated carbocycles. The Morgan fingerprint density at radius 1 is 1.16 bits per heavy atom. The number of fused-ring (bicyclic) bond motifs is 2. The second-order valence-electron chi connectivity index (χ2n) is 5.96. The summed E-state index contributed by atoms with van der Waals surface area (Å²) in [6, 6.07) is 13.8. The van der Waals surface area contributed by atoms with Gasteiger partial charge in [-0.25, -0.2) is 14.1 Å². The van der Waals surface area contributed by atoms with Crippen LogP contribution in [-0.4, -0.2) is 20.7 Å². The molecule has 1 N–H and O–H groups in total. The second kappa shape index (κ2) is 5.66. The van der Waals surface area contributed by atoms with Gasteiger partial charge in [-0.1, -0.05) is 24.3 Å². The minimum absolute atomic E-state index is 0.0225. The molecular weight excluding hydrogens is 319 g/mol. The summed E-state index contributed by atoms with van der Waals surface area (Å²) in [5.41, 5.74) is 2.62. The number of carbonyl (C=O) groups excluding carboxylic acids is 1. The molecule has 0 atom stereocenters. The Kier molecular flexibility index (Phi) is 3.46. The first-order valence-corrected chi connectivity index (χ1v) is 7.83. The number of amides is 1. The number of rotatable bonds is 2. The lowest BCUT2D eigenvalue weighted by Gasteiger charge is -2.04. The Hall–Kier alpha value is -3.28. The molecule has 0 fully saturated rings. The topological polar surface area (TPSA) is 59.8 Å². The Balaban J connectivity index is 1.81. The van der Waals surface area contributed by atoms with Crippen LogP contribution in [0.5, 0.6) is 0 Å². The first-order valence-electron chi connectivity index (χ1n) is 7.83. The molecule has 124 valence electrons. The number of nitrogens with one attached hydrogen (secondary N) is 1. The molecule has 0 spiro atoms. The smallest absolute Gasteiger partial charge is 0.259 e. The number of aryl methyl sites for hydroxylation is 2. The van der Waals surface area contributed by atoms with Crippen molar-refractivity contribution in [3.63, 3.8) is 0 Å². The SMILES string of the molecule is Cc1ccc2cc3c(NC(=O)c4ccccc4F)nn(C)c3nc2c1. The summed E-state index contributed by atoms with van der Waals surface area (Å²) in [6.07, 6.45) is 0. The number of hydrogen-bond donors (Lipinski definition) is 1. The van der Waals surface area contributed by atoms with E-state index in [-0.39, 0.29) is 5.56 Å². The highest BCUT2D eigenvalue weighted by Gasteiger charge is 2.16. The summed E-state index contributed by atoms with van der Waals surface area (Å²) in [5, 5.41) is 8.68. The van der Waals surface area contributed by atoms with Crippen LogP contribution in [0.1, 0.15) is 15.9 Å². The van der Waals surface area contributed by atoms with Crippen molar-refractivity contribution in [2.75, 3.05) is 5.32 Å². The highest BCUT2D eigenvalue weighted by Crippen LogP contribution is 2.26. The Labute approximate surface area is 143 Å². The monoisotopic (exact) mass is 334 g/mol. The van der Waals surface area contributed by atoms with Gasteiger partial charge in [0.15, 0.2) is 11.5 Å². The van der Waals surface area contributed by atoms with Crippen molar-refractivity contribution in [1.29, 1.82) is 0 Å². The molecule has 25 heavy (non-hydrogen) atoms. The van der Waals surface area contributed by atoms with E-state index >= 15 is 0 Å². The summed E-state index contributed by atoms with van der Waals surface area (Å²) in [7, 11) is 1.76. The number of anilines is 1. The van der Waals surface area contributed by atoms with Gasteiger partial charge >= 0.3 is 0 Å². The third-order valence-electron chi connectivity index (χ3n) is 4.12. The number of nitrogens with zero attached hydrogens (tertiary/aromatic N) is 3. The molecule has 0 bridgehead atoms. The Morgan fingerprint density at radius 2 is 1.96 bits per heavy atom. The number of carbonyl (C=O) groups is 1. The van der Waals surface area contributed by atoms with E-state index in [4.69, 9.17) is 0 Å². The fourth-order valence-corrected chi connectivity index (χ4v) is 2.85. The van der Waals surface area contributed by atoms with Crippen LogP contribution in [0.2, 0.25) is 0 Å². The molecule has 4 rings (SSSR count). The Bertz CT molecular complexity index is 1130. The molecule has 0 unspecified atom stereocenters. The fraction of sp³-hybridized carbons (Fsp3) is 0.105. The first-order chi connectivity index (χ1) is 12.0. The van der Waals surface area contributed by atoms with Crippen LogP contribution in [0.15, 0.2) is 48.5 Å². The van der Waals surface area contributed by atoms with E-state index in [1.165, 1.54) is 12.1 Å². The predicted octanol–water partition coefficient (Wildman–Crippen LogP) is 3.82. The van der Waals surface area contributed by atoms with E-state index in [1.54, 1.807) is 23.9 Å². The summed E-state index contributed by atoms with van der Waals surface area (Å²) in [6.45, 7) is 2.01. The first kappa shape index (κ1) is 15.3. The van der Waals surface area contributed by atoms with Gasteiger partial charge in [0.2, 0.25) is 0 Å². The molecule has 2 heterocycles. The van der Waals surface area contributed by atoms with Gasteiger partial charge in [0, 0.05) is 12.4 Å². The summed E-state index contributed by atoms with van der Waals surface area (Å²) < 4.78 is 15.4. The van der Waals surface area contributed by atoms with Gasteiger partial charge in [-0.05, 0) is 36.8 Å². The van der Waals surface area contributed by atoms with Crippen molar-refractivity contribution in [2.45, 2.75) is 6.92 Å². The van der Waals surface area contributed by atoms with Gasteiger partial charge in [-0.2, -0.15) is 5.10 Å². The van der Waals surface area contributed by atoms with Crippen LogP contribution in [0, 0.1) is 12.7 Å². The van der Waals surface area contributed by atoms with Crippen molar-refractivity contribution in [3.8, 4) is 0 Å². The van der Waals surface area contributed by atoms with Crippen LogP contribution in [0.4, 0.5) is 10.2 Å². The molecule has 0 aliphatic carbocycles. The second-order valence-corrected chi connectivity index (χ2v) is 5.96. The number of hydrogen-bond acceptors (Lipinski definition) is 3. The van der Waals surface area contributed by atoms with E-state index in [0.717, 1.165) is 16.5 Å². The Morgan fingerprint density at radius 3 is 2.76 bits per heavy atom. The van der Waals surface area contributed by atoms with Crippen molar-refractivity contribution >= 4 is 33.7 Å². The minimum atomic E-state index is -0.570. The molecule has 2 aromatic heterocycles. The summed E-state index contributed by atoms with van der Waals surface area (Å²) >= 11 is 0. The maximum absolute atomic E-state index is 13.8. The van der Waals surface area contributed by atoms with E-state index in [9.17, 15) is 9.18 Å². The molecule has 1 amide bonds. The average Bonchev–Trinajstić information content (AvgIpc) is 2.88. The standard InChI is InChI=1S/C19H15FN4O/c1-11-7-8-12-10-14-17(23-24(2)18(14)21-16(12)9-11)22-19(25)13-5-3-4-6-15(13)20/h3-10H,1-2H3,(H,22,23,25). The van der Waals surface area contributed by atoms with E-state index in [1.807, 2.05) is 31.2 Å². The largest absolute Gasteiger partial charge is 0.304 e. The third-order valence-corrected chi connectivity index (χ3v) is 4.12. The predicted molar refractivity (Wildman–Crippen MR) is 95.1 cm³/mol. The normalized spacial score (nSPS) is 11.2. The lowest BCUT2D eigenvalue weighted by molar-refractivity contribution is 0.102. The molecule has 4 aromatic rings. The van der Waals surface area contributed by atoms with E-state index < -0.39 is 11.7 Å². The van der Waals surface area contributed by atoms with Crippen LogP contribution in [0.3, 0.4) is 0 Å². The minimum Gasteiger partial charge on any atom is -0.304 e. The van der Waals surface area contributed by atoms with Gasteiger partial charge in [0.25, 0.3) is 5.91 Å². The van der Waals surface area contributed by atoms with E-state index in [2.05, 4.69) is 15.4 Å². The van der Waals surface area contributed by atoms with Crippen LogP contribution in [-0.2, 0) is 7.05 Å². The summed E-state index contributed by atoms with van der Waals surface area (Å²) in [4.78, 5) is 17.0. The van der Waals surface area contributed by atoms with Crippen LogP contribution >= 0.6 is 0 Å². The highest BCUT2D eigenvalue weighted by molar-refractivity contribution is 6.09. The molecule has 0 radical (unpaired) electrons. The van der Waals surface area contributed by atoms with Gasteiger partial charge in [0.05, 0.1) is 16.5 Å². The zero-order chi connectivity index (χ0) is 17.6. The number of halogens is 1. The molecule has 0 aliphatic heterocycles. The third kappa shape index (κ3) is 2.61. The van der Waals surface area contributed by atoms with Crippen molar-refractivity contribution < 1.29 is 9.18 Å². The maximum Gasteiger partial charge on any atom is 0.259 e. The van der Waals surface area contributed by atoms with Crippen molar-refractivity contribution in [2.24, 2.45) is 7.05 Å². The van der Waals surface area contributed by atoms with Crippen molar-refractivity contribution in [1.82, 2.24) is 14.8 Å². The van der Waals surface area contributed by atoms with E-state index in [0.29, 0.717) is 16.9 Å². The maximum atomic E-state index is 13.8. The molecule has 5 nitrogen and oxygen atoms in total. The van der Waals surface area contributed by atoms with Crippen LogP contribution < -0.4 is 5.32 Å². The van der Waals surface area contributed by atoms with Gasteiger partial charge in [-0.3, -0.25) is 4.79 Å². The molecule has 0 aliphatic rings. The quantitative estimate of drug-likeness (QED) is 0.606.